The highest BCUT2D eigenvalue weighted by atomic mass is 16.4. The Kier molecular flexibility index (Phi) is 1.93. The third-order valence-corrected chi connectivity index (χ3v) is 1.83. The molecule has 0 radical (unpaired) electrons. The summed E-state index contributed by atoms with van der Waals surface area (Å²) in [5, 5.41) is 12.6. The Morgan fingerprint density at radius 1 is 1.53 bits per heavy atom. The molecule has 0 saturated heterocycles. The molecule has 0 aliphatic heterocycles. The Balaban J connectivity index is 2.75. The molecule has 2 aromatic rings. The van der Waals surface area contributed by atoms with Gasteiger partial charge in [-0.15, -0.1) is 5.10 Å². The molecule has 76 valence electrons. The van der Waals surface area contributed by atoms with Gasteiger partial charge in [0.2, 0.25) is 5.82 Å². The number of aldehydes is 1. The fourth-order valence-electron chi connectivity index (χ4n) is 1.19. The predicted molar refractivity (Wildman–Crippen MR) is 47.9 cm³/mol. The van der Waals surface area contributed by atoms with E-state index in [-0.39, 0.29) is 17.3 Å². The summed E-state index contributed by atoms with van der Waals surface area (Å²) < 4.78 is 1.32. The topological polar surface area (TPSA) is 97.5 Å². The third kappa shape index (κ3) is 1.43. The lowest BCUT2D eigenvalue weighted by Crippen LogP contribution is -2.05. The SMILES string of the molecule is Cc1cc(C(=O)O)nc2nc(C=O)nn12. The van der Waals surface area contributed by atoms with Crippen LogP contribution in [-0.4, -0.2) is 36.9 Å². The minimum atomic E-state index is -1.14. The minimum Gasteiger partial charge on any atom is -0.477 e. The van der Waals surface area contributed by atoms with Gasteiger partial charge in [0.05, 0.1) is 0 Å². The quantitative estimate of drug-likeness (QED) is 0.691. The van der Waals surface area contributed by atoms with Crippen LogP contribution in [0.1, 0.15) is 26.8 Å². The molecule has 7 heteroatoms. The van der Waals surface area contributed by atoms with Crippen LogP contribution in [0.15, 0.2) is 6.07 Å². The number of aromatic nitrogens is 4. The summed E-state index contributed by atoms with van der Waals surface area (Å²) >= 11 is 0. The zero-order chi connectivity index (χ0) is 11.0. The molecule has 0 fully saturated rings. The Bertz CT molecular complexity index is 560. The fraction of sp³-hybridized carbons (Fsp3) is 0.125. The summed E-state index contributed by atoms with van der Waals surface area (Å²) in [6, 6.07) is 1.36. The molecule has 0 spiro atoms. The lowest BCUT2D eigenvalue weighted by molar-refractivity contribution is 0.0690. The molecule has 0 aromatic carbocycles. The molecule has 2 rings (SSSR count). The number of aromatic carboxylic acids is 1. The van der Waals surface area contributed by atoms with Crippen molar-refractivity contribution in [1.29, 1.82) is 0 Å². The number of nitrogens with zero attached hydrogens (tertiary/aromatic N) is 4. The Morgan fingerprint density at radius 2 is 2.27 bits per heavy atom. The fourth-order valence-corrected chi connectivity index (χ4v) is 1.19. The Morgan fingerprint density at radius 3 is 2.87 bits per heavy atom. The molecule has 2 heterocycles. The van der Waals surface area contributed by atoms with E-state index < -0.39 is 5.97 Å². The number of hydrogen-bond donors (Lipinski definition) is 1. The van der Waals surface area contributed by atoms with Crippen molar-refractivity contribution in [2.24, 2.45) is 0 Å². The van der Waals surface area contributed by atoms with Gasteiger partial charge >= 0.3 is 5.97 Å². The van der Waals surface area contributed by atoms with E-state index in [0.29, 0.717) is 12.0 Å². The van der Waals surface area contributed by atoms with Crippen molar-refractivity contribution in [1.82, 2.24) is 19.6 Å². The summed E-state index contributed by atoms with van der Waals surface area (Å²) in [5.74, 6) is -1.06. The van der Waals surface area contributed by atoms with Crippen LogP contribution in [0.2, 0.25) is 0 Å². The molecule has 0 amide bonds. The van der Waals surface area contributed by atoms with Gasteiger partial charge in [-0.3, -0.25) is 4.79 Å². The van der Waals surface area contributed by atoms with Crippen molar-refractivity contribution >= 4 is 18.0 Å². The van der Waals surface area contributed by atoms with E-state index in [9.17, 15) is 9.59 Å². The molecule has 0 atom stereocenters. The number of fused-ring (bicyclic) bond motifs is 1. The highest BCUT2D eigenvalue weighted by Gasteiger charge is 2.11. The van der Waals surface area contributed by atoms with Crippen molar-refractivity contribution in [3.05, 3.63) is 23.3 Å². The van der Waals surface area contributed by atoms with E-state index in [2.05, 4.69) is 15.1 Å². The van der Waals surface area contributed by atoms with Gasteiger partial charge in [-0.2, -0.15) is 4.98 Å². The predicted octanol–water partition coefficient (Wildman–Crippen LogP) is -0.0566. The second-order valence-electron chi connectivity index (χ2n) is 2.89. The van der Waals surface area contributed by atoms with Gasteiger partial charge in [0, 0.05) is 5.69 Å². The van der Waals surface area contributed by atoms with Gasteiger partial charge < -0.3 is 5.11 Å². The van der Waals surface area contributed by atoms with E-state index in [1.54, 1.807) is 6.92 Å². The van der Waals surface area contributed by atoms with E-state index in [0.717, 1.165) is 0 Å². The van der Waals surface area contributed by atoms with Crippen LogP contribution in [0.25, 0.3) is 5.78 Å². The summed E-state index contributed by atoms with van der Waals surface area (Å²) in [4.78, 5) is 28.6. The first-order valence-corrected chi connectivity index (χ1v) is 4.04. The average molecular weight is 206 g/mol. The van der Waals surface area contributed by atoms with Gasteiger partial charge in [0.15, 0.2) is 12.0 Å². The number of carboxylic acids is 1. The lowest BCUT2D eigenvalue weighted by Gasteiger charge is -1.98. The normalized spacial score (nSPS) is 10.5. The van der Waals surface area contributed by atoms with Crippen LogP contribution >= 0.6 is 0 Å². The van der Waals surface area contributed by atoms with E-state index >= 15 is 0 Å². The van der Waals surface area contributed by atoms with E-state index in [4.69, 9.17) is 5.11 Å². The molecule has 0 bridgehead atoms. The summed E-state index contributed by atoms with van der Waals surface area (Å²) in [6.45, 7) is 1.66. The molecule has 0 unspecified atom stereocenters. The highest BCUT2D eigenvalue weighted by molar-refractivity contribution is 5.86. The number of carbonyl (C=O) groups is 2. The molecule has 2 aromatic heterocycles. The van der Waals surface area contributed by atoms with Crippen molar-refractivity contribution in [2.75, 3.05) is 0 Å². The van der Waals surface area contributed by atoms with Crippen molar-refractivity contribution in [2.45, 2.75) is 6.92 Å². The largest absolute Gasteiger partial charge is 0.477 e. The zero-order valence-corrected chi connectivity index (χ0v) is 7.71. The number of aryl methyl sites for hydroxylation is 1. The van der Waals surface area contributed by atoms with Crippen LogP contribution in [0.5, 0.6) is 0 Å². The second kappa shape index (κ2) is 3.12. The maximum absolute atomic E-state index is 10.7. The third-order valence-electron chi connectivity index (χ3n) is 1.83. The number of rotatable bonds is 2. The molecule has 7 nitrogen and oxygen atoms in total. The first kappa shape index (κ1) is 9.25. The molecular weight excluding hydrogens is 200 g/mol. The first-order chi connectivity index (χ1) is 7.11. The summed E-state index contributed by atoms with van der Waals surface area (Å²) in [7, 11) is 0. The first-order valence-electron chi connectivity index (χ1n) is 4.04. The molecular formula is C8H6N4O3. The lowest BCUT2D eigenvalue weighted by atomic mass is 10.3. The van der Waals surface area contributed by atoms with Crippen LogP contribution in [0.3, 0.4) is 0 Å². The van der Waals surface area contributed by atoms with Crippen LogP contribution in [0, 0.1) is 6.92 Å². The van der Waals surface area contributed by atoms with Crippen LogP contribution in [0.4, 0.5) is 0 Å². The molecule has 0 aliphatic rings. The van der Waals surface area contributed by atoms with Gasteiger partial charge in [-0.05, 0) is 13.0 Å². The standard InChI is InChI=1S/C8H6N4O3/c1-4-2-5(7(14)15)9-8-10-6(3-13)11-12(4)8/h2-3H,1H3,(H,14,15). The molecule has 1 N–H and O–H groups in total. The van der Waals surface area contributed by atoms with Crippen LogP contribution in [-0.2, 0) is 0 Å². The summed E-state index contributed by atoms with van der Waals surface area (Å²) in [5.41, 5.74) is 0.433. The smallest absolute Gasteiger partial charge is 0.354 e. The minimum absolute atomic E-state index is 0.0202. The molecule has 15 heavy (non-hydrogen) atoms. The van der Waals surface area contributed by atoms with Crippen molar-refractivity contribution in [3.8, 4) is 0 Å². The molecule has 0 aliphatic carbocycles. The Hall–Kier alpha value is -2.31. The van der Waals surface area contributed by atoms with Gasteiger partial charge in [0.1, 0.15) is 0 Å². The maximum atomic E-state index is 10.7. The van der Waals surface area contributed by atoms with Gasteiger partial charge in [-0.1, -0.05) is 0 Å². The van der Waals surface area contributed by atoms with Gasteiger partial charge in [0.25, 0.3) is 5.78 Å². The number of carboxylic acid groups (broad SMARTS) is 1. The van der Waals surface area contributed by atoms with Crippen molar-refractivity contribution in [3.63, 3.8) is 0 Å². The summed E-state index contributed by atoms with van der Waals surface area (Å²) in [6.07, 6.45) is 0.481. The molecule has 0 saturated carbocycles. The van der Waals surface area contributed by atoms with Gasteiger partial charge in [-0.25, -0.2) is 14.3 Å². The monoisotopic (exact) mass is 206 g/mol. The highest BCUT2D eigenvalue weighted by Crippen LogP contribution is 2.05. The number of hydrogen-bond acceptors (Lipinski definition) is 5. The Labute approximate surface area is 83.4 Å². The maximum Gasteiger partial charge on any atom is 0.354 e. The average Bonchev–Trinajstić information content (AvgIpc) is 2.61. The van der Waals surface area contributed by atoms with E-state index in [1.165, 1.54) is 10.6 Å². The number of carbonyl (C=O) groups excluding carboxylic acids is 1. The van der Waals surface area contributed by atoms with Crippen molar-refractivity contribution < 1.29 is 14.7 Å². The van der Waals surface area contributed by atoms with E-state index in [1.807, 2.05) is 0 Å². The zero-order valence-electron chi connectivity index (χ0n) is 7.71. The van der Waals surface area contributed by atoms with Crippen LogP contribution < -0.4 is 0 Å². The second-order valence-corrected chi connectivity index (χ2v) is 2.89.